The average Bonchev–Trinajstić information content (AvgIpc) is 2.61. The molecule has 1 heterocycles. The fourth-order valence-electron chi connectivity index (χ4n) is 1.63. The van der Waals surface area contributed by atoms with Crippen molar-refractivity contribution in [2.24, 2.45) is 0 Å². The van der Waals surface area contributed by atoms with Gasteiger partial charge in [-0.2, -0.15) is 0 Å². The van der Waals surface area contributed by atoms with Gasteiger partial charge >= 0.3 is 6.09 Å². The van der Waals surface area contributed by atoms with E-state index in [9.17, 15) is 4.79 Å². The Balaban J connectivity index is 2.13. The second-order valence-corrected chi connectivity index (χ2v) is 3.50. The number of nitrogens with zero attached hydrogens (tertiary/aromatic N) is 1. The van der Waals surface area contributed by atoms with Gasteiger partial charge in [0.25, 0.3) is 0 Å². The Morgan fingerprint density at radius 2 is 2.13 bits per heavy atom. The van der Waals surface area contributed by atoms with E-state index in [-0.39, 0.29) is 17.9 Å². The maximum absolute atomic E-state index is 11.3. The van der Waals surface area contributed by atoms with Crippen LogP contribution in [-0.2, 0) is 4.74 Å². The van der Waals surface area contributed by atoms with Gasteiger partial charge in [0.15, 0.2) is 0 Å². The summed E-state index contributed by atoms with van der Waals surface area (Å²) < 4.78 is 5.20. The number of phenolic OH excluding ortho intramolecular Hbond substituents is 1. The summed E-state index contributed by atoms with van der Waals surface area (Å²) in [6.07, 6.45) is -0.478. The summed E-state index contributed by atoms with van der Waals surface area (Å²) in [5.41, 5.74) is 0.914. The van der Waals surface area contributed by atoms with Crippen LogP contribution in [0, 0.1) is 0 Å². The number of carbonyl (C=O) groups excluding carboxylic acids is 1. The van der Waals surface area contributed by atoms with Crippen LogP contribution in [0.1, 0.15) is 18.6 Å². The average molecular weight is 207 g/mol. The standard InChI is InChI=1S/C11H13NO3/c1-2-12-7-10(15-11(12)14)8-3-5-9(13)6-4-8/h3-6,10,13H,2,7H2,1H3. The lowest BCUT2D eigenvalue weighted by Gasteiger charge is -2.09. The van der Waals surface area contributed by atoms with Gasteiger partial charge in [-0.25, -0.2) is 4.79 Å². The molecular formula is C11H13NO3. The molecule has 0 saturated carbocycles. The number of ether oxygens (including phenoxy) is 1. The monoisotopic (exact) mass is 207 g/mol. The highest BCUT2D eigenvalue weighted by molar-refractivity contribution is 5.70. The van der Waals surface area contributed by atoms with Crippen LogP contribution in [0.5, 0.6) is 5.75 Å². The molecule has 1 unspecified atom stereocenters. The molecule has 0 aliphatic carbocycles. The fraction of sp³-hybridized carbons (Fsp3) is 0.364. The summed E-state index contributed by atoms with van der Waals surface area (Å²) >= 11 is 0. The molecule has 1 aliphatic heterocycles. The SMILES string of the molecule is CCN1CC(c2ccc(O)cc2)OC1=O. The highest BCUT2D eigenvalue weighted by atomic mass is 16.6. The number of hydrogen-bond acceptors (Lipinski definition) is 3. The summed E-state index contributed by atoms with van der Waals surface area (Å²) in [6.45, 7) is 3.16. The molecule has 1 aromatic rings. The van der Waals surface area contributed by atoms with Crippen molar-refractivity contribution in [2.45, 2.75) is 13.0 Å². The zero-order valence-electron chi connectivity index (χ0n) is 8.51. The first-order valence-corrected chi connectivity index (χ1v) is 4.95. The lowest BCUT2D eigenvalue weighted by Crippen LogP contribution is -2.23. The number of aromatic hydroxyl groups is 1. The number of benzene rings is 1. The van der Waals surface area contributed by atoms with Gasteiger partial charge in [0.2, 0.25) is 0 Å². The molecule has 15 heavy (non-hydrogen) atoms. The minimum Gasteiger partial charge on any atom is -0.508 e. The predicted octanol–water partition coefficient (Wildman–Crippen LogP) is 1.91. The van der Waals surface area contributed by atoms with Gasteiger partial charge in [0, 0.05) is 6.54 Å². The highest BCUT2D eigenvalue weighted by Gasteiger charge is 2.30. The summed E-state index contributed by atoms with van der Waals surface area (Å²) in [7, 11) is 0. The molecule has 4 heteroatoms. The lowest BCUT2D eigenvalue weighted by molar-refractivity contribution is 0.133. The van der Waals surface area contributed by atoms with Crippen molar-refractivity contribution in [3.63, 3.8) is 0 Å². The Bertz CT molecular complexity index is 361. The minimum absolute atomic E-state index is 0.210. The van der Waals surface area contributed by atoms with Gasteiger partial charge in [-0.05, 0) is 24.6 Å². The fourth-order valence-corrected chi connectivity index (χ4v) is 1.63. The van der Waals surface area contributed by atoms with Crippen LogP contribution in [-0.4, -0.2) is 29.2 Å². The van der Waals surface area contributed by atoms with Crippen molar-refractivity contribution in [3.8, 4) is 5.75 Å². The topological polar surface area (TPSA) is 49.8 Å². The summed E-state index contributed by atoms with van der Waals surface area (Å²) in [5, 5.41) is 9.13. The number of likely N-dealkylation sites (N-methyl/N-ethyl adjacent to an activating group) is 1. The minimum atomic E-state index is -0.268. The molecule has 0 aromatic heterocycles. The molecule has 1 aliphatic rings. The molecule has 80 valence electrons. The maximum atomic E-state index is 11.3. The van der Waals surface area contributed by atoms with Crippen LogP contribution in [0.3, 0.4) is 0 Å². The number of hydrogen-bond donors (Lipinski definition) is 1. The van der Waals surface area contributed by atoms with Crippen molar-refractivity contribution in [1.82, 2.24) is 4.90 Å². The van der Waals surface area contributed by atoms with E-state index in [2.05, 4.69) is 0 Å². The van der Waals surface area contributed by atoms with E-state index in [1.807, 2.05) is 6.92 Å². The molecule has 0 radical (unpaired) electrons. The van der Waals surface area contributed by atoms with Crippen LogP contribution in [0.15, 0.2) is 24.3 Å². The molecule has 1 N–H and O–H groups in total. The summed E-state index contributed by atoms with van der Waals surface area (Å²) in [6, 6.07) is 6.73. The Hall–Kier alpha value is -1.71. The quantitative estimate of drug-likeness (QED) is 0.805. The number of amides is 1. The molecule has 1 aromatic carbocycles. The number of rotatable bonds is 2. The Labute approximate surface area is 88.1 Å². The molecular weight excluding hydrogens is 194 g/mol. The number of cyclic esters (lactones) is 1. The third kappa shape index (κ3) is 1.88. The van der Waals surface area contributed by atoms with E-state index in [0.29, 0.717) is 13.1 Å². The van der Waals surface area contributed by atoms with Crippen molar-refractivity contribution >= 4 is 6.09 Å². The third-order valence-corrected chi connectivity index (χ3v) is 2.53. The molecule has 4 nitrogen and oxygen atoms in total. The normalized spacial score (nSPS) is 20.5. The molecule has 1 atom stereocenters. The Kier molecular flexibility index (Phi) is 2.49. The molecule has 0 bridgehead atoms. The van der Waals surface area contributed by atoms with E-state index in [4.69, 9.17) is 9.84 Å². The Morgan fingerprint density at radius 1 is 1.47 bits per heavy atom. The van der Waals surface area contributed by atoms with Gasteiger partial charge in [-0.3, -0.25) is 0 Å². The zero-order valence-corrected chi connectivity index (χ0v) is 8.51. The van der Waals surface area contributed by atoms with Crippen molar-refractivity contribution in [1.29, 1.82) is 0 Å². The molecule has 2 rings (SSSR count). The van der Waals surface area contributed by atoms with Crippen LogP contribution in [0.2, 0.25) is 0 Å². The van der Waals surface area contributed by atoms with Crippen LogP contribution in [0.25, 0.3) is 0 Å². The van der Waals surface area contributed by atoms with E-state index < -0.39 is 0 Å². The van der Waals surface area contributed by atoms with E-state index in [1.165, 1.54) is 0 Å². The van der Waals surface area contributed by atoms with Crippen molar-refractivity contribution in [2.75, 3.05) is 13.1 Å². The first kappa shape index (κ1) is 9.83. The van der Waals surface area contributed by atoms with Gasteiger partial charge in [0.1, 0.15) is 11.9 Å². The van der Waals surface area contributed by atoms with Crippen LogP contribution < -0.4 is 0 Å². The summed E-state index contributed by atoms with van der Waals surface area (Å²) in [4.78, 5) is 13.0. The van der Waals surface area contributed by atoms with Crippen LogP contribution >= 0.6 is 0 Å². The first-order valence-electron chi connectivity index (χ1n) is 4.95. The van der Waals surface area contributed by atoms with E-state index >= 15 is 0 Å². The van der Waals surface area contributed by atoms with E-state index in [1.54, 1.807) is 29.2 Å². The van der Waals surface area contributed by atoms with Crippen molar-refractivity contribution in [3.05, 3.63) is 29.8 Å². The first-order chi connectivity index (χ1) is 7.20. The zero-order chi connectivity index (χ0) is 10.8. The number of phenols is 1. The van der Waals surface area contributed by atoms with Gasteiger partial charge < -0.3 is 14.7 Å². The van der Waals surface area contributed by atoms with Crippen LogP contribution in [0.4, 0.5) is 4.79 Å². The number of carbonyl (C=O) groups is 1. The second-order valence-electron chi connectivity index (χ2n) is 3.50. The molecule has 1 fully saturated rings. The summed E-state index contributed by atoms with van der Waals surface area (Å²) in [5.74, 6) is 0.218. The van der Waals surface area contributed by atoms with Gasteiger partial charge in [-0.15, -0.1) is 0 Å². The van der Waals surface area contributed by atoms with Crippen molar-refractivity contribution < 1.29 is 14.6 Å². The van der Waals surface area contributed by atoms with Gasteiger partial charge in [0.05, 0.1) is 6.54 Å². The lowest BCUT2D eigenvalue weighted by atomic mass is 10.1. The molecule has 0 spiro atoms. The molecule has 1 amide bonds. The second kappa shape index (κ2) is 3.81. The third-order valence-electron chi connectivity index (χ3n) is 2.53. The predicted molar refractivity (Wildman–Crippen MR) is 54.6 cm³/mol. The van der Waals surface area contributed by atoms with E-state index in [0.717, 1.165) is 5.56 Å². The smallest absolute Gasteiger partial charge is 0.410 e. The van der Waals surface area contributed by atoms with Gasteiger partial charge in [-0.1, -0.05) is 12.1 Å². The Morgan fingerprint density at radius 3 is 2.67 bits per heavy atom. The maximum Gasteiger partial charge on any atom is 0.410 e. The molecule has 1 saturated heterocycles. The highest BCUT2D eigenvalue weighted by Crippen LogP contribution is 2.26. The largest absolute Gasteiger partial charge is 0.508 e.